The molecular formula is C15H23O3P. The molecule has 0 bridgehead atoms. The average Bonchev–Trinajstić information content (AvgIpc) is 2.46. The van der Waals surface area contributed by atoms with Gasteiger partial charge in [0.2, 0.25) is 0 Å². The SMILES string of the molecule is CCC(=O)OC(C)CCCCc1ccccc1.O=P. The van der Waals surface area contributed by atoms with Gasteiger partial charge in [0, 0.05) is 6.42 Å². The number of aryl methyl sites for hydroxylation is 1. The zero-order valence-corrected chi connectivity index (χ0v) is 12.7. The van der Waals surface area contributed by atoms with Gasteiger partial charge in [-0.05, 0) is 38.2 Å². The van der Waals surface area contributed by atoms with E-state index in [9.17, 15) is 4.79 Å². The second-order valence-electron chi connectivity index (χ2n) is 4.39. The molecule has 0 amide bonds. The van der Waals surface area contributed by atoms with Crippen molar-refractivity contribution in [2.75, 3.05) is 0 Å². The molecular weight excluding hydrogens is 259 g/mol. The number of carbonyl (C=O) groups is 1. The van der Waals surface area contributed by atoms with Crippen LogP contribution in [0.5, 0.6) is 0 Å². The number of hydrogen-bond donors (Lipinski definition) is 0. The third-order valence-corrected chi connectivity index (χ3v) is 2.79. The van der Waals surface area contributed by atoms with Crippen LogP contribution >= 0.6 is 9.12 Å². The predicted octanol–water partition coefficient (Wildman–Crippen LogP) is 4.22. The fourth-order valence-corrected chi connectivity index (χ4v) is 1.77. The van der Waals surface area contributed by atoms with Crippen LogP contribution in [0, 0.1) is 0 Å². The normalized spacial score (nSPS) is 11.1. The first kappa shape index (κ1) is 17.8. The van der Waals surface area contributed by atoms with Crippen LogP contribution in [0.15, 0.2) is 30.3 Å². The highest BCUT2D eigenvalue weighted by atomic mass is 31.0. The Bertz CT molecular complexity index is 341. The summed E-state index contributed by atoms with van der Waals surface area (Å²) in [4.78, 5) is 11.1. The minimum atomic E-state index is -0.0967. The Kier molecular flexibility index (Phi) is 11.1. The Morgan fingerprint density at radius 2 is 1.84 bits per heavy atom. The summed E-state index contributed by atoms with van der Waals surface area (Å²) < 4.78 is 13.3. The van der Waals surface area contributed by atoms with Gasteiger partial charge in [-0.2, -0.15) is 0 Å². The Balaban J connectivity index is 0.00000154. The monoisotopic (exact) mass is 282 g/mol. The number of carbonyl (C=O) groups excluding carboxylic acids is 1. The molecule has 1 aromatic carbocycles. The molecule has 0 saturated carbocycles. The second-order valence-corrected chi connectivity index (χ2v) is 4.39. The highest BCUT2D eigenvalue weighted by Gasteiger charge is 2.06. The van der Waals surface area contributed by atoms with Crippen LogP contribution in [-0.2, 0) is 20.5 Å². The lowest BCUT2D eigenvalue weighted by Crippen LogP contribution is -2.13. The Hall–Kier alpha value is -1.21. The summed E-state index contributed by atoms with van der Waals surface area (Å²) >= 11 is 0. The van der Waals surface area contributed by atoms with Crippen LogP contribution in [-0.4, -0.2) is 12.1 Å². The quantitative estimate of drug-likeness (QED) is 0.427. The molecule has 1 unspecified atom stereocenters. The molecule has 3 nitrogen and oxygen atoms in total. The minimum Gasteiger partial charge on any atom is -0.463 e. The van der Waals surface area contributed by atoms with Crippen molar-refractivity contribution in [2.45, 2.75) is 52.1 Å². The van der Waals surface area contributed by atoms with E-state index in [-0.39, 0.29) is 12.1 Å². The van der Waals surface area contributed by atoms with Crippen LogP contribution in [0.3, 0.4) is 0 Å². The lowest BCUT2D eigenvalue weighted by atomic mass is 10.1. The Labute approximate surface area is 118 Å². The number of ether oxygens (including phenoxy) is 1. The third kappa shape index (κ3) is 9.38. The first-order valence-electron chi connectivity index (χ1n) is 6.66. The number of hydrogen-bond acceptors (Lipinski definition) is 3. The van der Waals surface area contributed by atoms with Crippen LogP contribution in [0.4, 0.5) is 0 Å². The highest BCUT2D eigenvalue weighted by Crippen LogP contribution is 2.09. The fourth-order valence-electron chi connectivity index (χ4n) is 1.77. The van der Waals surface area contributed by atoms with Crippen molar-refractivity contribution in [3.05, 3.63) is 35.9 Å². The van der Waals surface area contributed by atoms with Crippen molar-refractivity contribution in [3.8, 4) is 0 Å². The van der Waals surface area contributed by atoms with E-state index in [1.54, 1.807) is 9.12 Å². The molecule has 0 radical (unpaired) electrons. The summed E-state index contributed by atoms with van der Waals surface area (Å²) in [6.45, 7) is 3.79. The van der Waals surface area contributed by atoms with E-state index < -0.39 is 0 Å². The van der Waals surface area contributed by atoms with Gasteiger partial charge >= 0.3 is 5.97 Å². The van der Waals surface area contributed by atoms with Crippen LogP contribution in [0.25, 0.3) is 0 Å². The van der Waals surface area contributed by atoms with E-state index in [0.29, 0.717) is 6.42 Å². The Morgan fingerprint density at radius 1 is 1.21 bits per heavy atom. The van der Waals surface area contributed by atoms with Gasteiger partial charge < -0.3 is 4.74 Å². The molecule has 1 atom stereocenters. The molecule has 0 N–H and O–H groups in total. The van der Waals surface area contributed by atoms with Gasteiger partial charge in [-0.3, -0.25) is 9.36 Å². The molecule has 19 heavy (non-hydrogen) atoms. The van der Waals surface area contributed by atoms with E-state index in [1.165, 1.54) is 5.56 Å². The summed E-state index contributed by atoms with van der Waals surface area (Å²) in [5.74, 6) is -0.0967. The van der Waals surface area contributed by atoms with Crippen molar-refractivity contribution in [1.82, 2.24) is 0 Å². The standard InChI is InChI=1S/C15H22O2.HOP/c1-3-15(16)17-13(2)9-7-8-12-14-10-5-4-6-11-14;1-2/h4-6,10-11,13H,3,7-9,12H2,1-2H3;2H. The molecule has 1 rings (SSSR count). The van der Waals surface area contributed by atoms with E-state index in [1.807, 2.05) is 19.9 Å². The van der Waals surface area contributed by atoms with Crippen molar-refractivity contribution >= 4 is 15.1 Å². The van der Waals surface area contributed by atoms with Gasteiger partial charge in [0.05, 0.1) is 6.10 Å². The van der Waals surface area contributed by atoms with Crippen LogP contribution < -0.4 is 0 Å². The molecule has 0 aliphatic heterocycles. The molecule has 1 aromatic rings. The van der Waals surface area contributed by atoms with Gasteiger partial charge in [-0.25, -0.2) is 0 Å². The molecule has 0 aliphatic rings. The highest BCUT2D eigenvalue weighted by molar-refractivity contribution is 7.00. The summed E-state index contributed by atoms with van der Waals surface area (Å²) in [6, 6.07) is 10.5. The van der Waals surface area contributed by atoms with Crippen LogP contribution in [0.1, 0.15) is 45.1 Å². The van der Waals surface area contributed by atoms with Crippen molar-refractivity contribution in [2.24, 2.45) is 0 Å². The predicted molar refractivity (Wildman–Crippen MR) is 78.8 cm³/mol. The van der Waals surface area contributed by atoms with E-state index in [0.717, 1.165) is 25.7 Å². The number of benzene rings is 1. The van der Waals surface area contributed by atoms with E-state index >= 15 is 0 Å². The number of rotatable bonds is 7. The molecule has 4 heteroatoms. The molecule has 0 spiro atoms. The maximum absolute atomic E-state index is 11.1. The zero-order chi connectivity index (χ0) is 14.5. The maximum atomic E-state index is 11.1. The Morgan fingerprint density at radius 3 is 2.42 bits per heavy atom. The summed E-state index contributed by atoms with van der Waals surface area (Å²) in [6.07, 6.45) is 4.84. The first-order chi connectivity index (χ1) is 9.22. The average molecular weight is 282 g/mol. The van der Waals surface area contributed by atoms with E-state index in [4.69, 9.17) is 9.30 Å². The summed E-state index contributed by atoms with van der Waals surface area (Å²) in [7, 11) is 1.72. The van der Waals surface area contributed by atoms with Gasteiger partial charge in [-0.1, -0.05) is 37.3 Å². The van der Waals surface area contributed by atoms with Gasteiger partial charge in [0.25, 0.3) is 0 Å². The zero-order valence-electron chi connectivity index (χ0n) is 11.7. The van der Waals surface area contributed by atoms with Crippen molar-refractivity contribution in [1.29, 1.82) is 0 Å². The molecule has 0 aromatic heterocycles. The maximum Gasteiger partial charge on any atom is 0.305 e. The number of esters is 1. The van der Waals surface area contributed by atoms with Gasteiger partial charge in [0.15, 0.2) is 0 Å². The molecule has 0 aliphatic carbocycles. The summed E-state index contributed by atoms with van der Waals surface area (Å²) in [5.41, 5.74) is 1.38. The largest absolute Gasteiger partial charge is 0.463 e. The number of unbranched alkanes of at least 4 members (excludes halogenated alkanes) is 1. The lowest BCUT2D eigenvalue weighted by molar-refractivity contribution is -0.148. The second kappa shape index (κ2) is 11.9. The topological polar surface area (TPSA) is 43.4 Å². The molecule has 0 saturated heterocycles. The molecule has 106 valence electrons. The smallest absolute Gasteiger partial charge is 0.305 e. The third-order valence-electron chi connectivity index (χ3n) is 2.79. The van der Waals surface area contributed by atoms with Crippen molar-refractivity contribution in [3.63, 3.8) is 0 Å². The minimum absolute atomic E-state index is 0.0539. The van der Waals surface area contributed by atoms with Gasteiger partial charge in [-0.15, -0.1) is 0 Å². The van der Waals surface area contributed by atoms with Crippen LogP contribution in [0.2, 0.25) is 0 Å². The van der Waals surface area contributed by atoms with E-state index in [2.05, 4.69) is 24.3 Å². The molecule has 0 fully saturated rings. The summed E-state index contributed by atoms with van der Waals surface area (Å²) in [5, 5.41) is 0. The van der Waals surface area contributed by atoms with Gasteiger partial charge in [0.1, 0.15) is 9.12 Å². The van der Waals surface area contributed by atoms with Crippen molar-refractivity contribution < 1.29 is 14.1 Å². The molecule has 0 heterocycles. The fraction of sp³-hybridized carbons (Fsp3) is 0.533. The lowest BCUT2D eigenvalue weighted by Gasteiger charge is -2.12. The first-order valence-corrected chi connectivity index (χ1v) is 7.07.